The van der Waals surface area contributed by atoms with Crippen LogP contribution in [0.4, 0.5) is 0 Å². The van der Waals surface area contributed by atoms with Crippen LogP contribution in [0.25, 0.3) is 28.0 Å². The lowest BCUT2D eigenvalue weighted by Gasteiger charge is -2.12. The van der Waals surface area contributed by atoms with Crippen LogP contribution in [0.15, 0.2) is 93.2 Å². The molecule has 0 N–H and O–H groups in total. The van der Waals surface area contributed by atoms with Crippen molar-refractivity contribution in [2.45, 2.75) is 17.8 Å². The van der Waals surface area contributed by atoms with Crippen molar-refractivity contribution in [3.63, 3.8) is 0 Å². The molecule has 32 heavy (non-hydrogen) atoms. The van der Waals surface area contributed by atoms with Crippen molar-refractivity contribution < 1.29 is 4.42 Å². The van der Waals surface area contributed by atoms with Gasteiger partial charge in [0.15, 0.2) is 5.16 Å². The van der Waals surface area contributed by atoms with E-state index in [1.165, 1.54) is 11.8 Å². The van der Waals surface area contributed by atoms with Gasteiger partial charge in [0, 0.05) is 16.3 Å². The number of nitrogens with zero attached hydrogens (tertiary/aromatic N) is 3. The number of aryl methyl sites for hydroxylation is 1. The van der Waals surface area contributed by atoms with E-state index in [1.807, 2.05) is 79.7 Å². The molecule has 0 amide bonds. The van der Waals surface area contributed by atoms with E-state index in [0.717, 1.165) is 22.7 Å². The van der Waals surface area contributed by atoms with Crippen molar-refractivity contribution in [3.8, 4) is 17.1 Å². The Morgan fingerprint density at radius 3 is 2.56 bits per heavy atom. The monoisotopic (exact) mass is 459 g/mol. The molecule has 0 aliphatic carbocycles. The number of rotatable bonds is 5. The van der Waals surface area contributed by atoms with Crippen LogP contribution in [-0.4, -0.2) is 14.5 Å². The molecule has 7 heteroatoms. The molecule has 5 rings (SSSR count). The fourth-order valence-corrected chi connectivity index (χ4v) is 4.66. The minimum absolute atomic E-state index is 0.0965. The predicted octanol–water partition coefficient (Wildman–Crippen LogP) is 6.29. The van der Waals surface area contributed by atoms with Crippen molar-refractivity contribution in [3.05, 3.63) is 106 Å². The number of thioether (sulfide) groups is 1. The first-order chi connectivity index (χ1) is 15.6. The summed E-state index contributed by atoms with van der Waals surface area (Å²) in [6.45, 7) is 1.88. The Hall–Kier alpha value is -3.35. The molecule has 2 aromatic heterocycles. The quantitative estimate of drug-likeness (QED) is 0.228. The van der Waals surface area contributed by atoms with Crippen LogP contribution in [0.5, 0.6) is 0 Å². The van der Waals surface area contributed by atoms with Crippen LogP contribution in [0.3, 0.4) is 0 Å². The van der Waals surface area contributed by atoms with Gasteiger partial charge in [-0.15, -0.1) is 0 Å². The molecular formula is C25H18ClN3O2S. The number of oxazole rings is 1. The van der Waals surface area contributed by atoms with Gasteiger partial charge in [0.2, 0.25) is 5.89 Å². The van der Waals surface area contributed by atoms with Gasteiger partial charge in [-0.3, -0.25) is 9.36 Å². The fourth-order valence-electron chi connectivity index (χ4n) is 3.45. The lowest BCUT2D eigenvalue weighted by Crippen LogP contribution is -2.21. The third-order valence-electron chi connectivity index (χ3n) is 5.06. The minimum atomic E-state index is -0.0965. The van der Waals surface area contributed by atoms with Gasteiger partial charge in [-0.2, -0.15) is 0 Å². The summed E-state index contributed by atoms with van der Waals surface area (Å²) in [7, 11) is 0. The van der Waals surface area contributed by atoms with E-state index in [2.05, 4.69) is 4.98 Å². The molecule has 3 aromatic carbocycles. The summed E-state index contributed by atoms with van der Waals surface area (Å²) in [5.74, 6) is 1.75. The van der Waals surface area contributed by atoms with Crippen molar-refractivity contribution in [2.75, 3.05) is 0 Å². The lowest BCUT2D eigenvalue weighted by molar-refractivity contribution is 0.540. The van der Waals surface area contributed by atoms with E-state index in [1.54, 1.807) is 10.6 Å². The molecule has 158 valence electrons. The number of benzene rings is 3. The Bertz CT molecular complexity index is 1480. The van der Waals surface area contributed by atoms with E-state index in [9.17, 15) is 4.79 Å². The smallest absolute Gasteiger partial charge is 0.266 e. The molecule has 5 nitrogen and oxygen atoms in total. The van der Waals surface area contributed by atoms with Gasteiger partial charge in [-0.05, 0) is 49.4 Å². The van der Waals surface area contributed by atoms with Crippen LogP contribution < -0.4 is 5.56 Å². The SMILES string of the molecule is Cc1oc(-c2cccc(Cl)c2)nc1CSc1nc2ccccc2c(=O)n1-c1ccccc1. The van der Waals surface area contributed by atoms with Crippen LogP contribution in [-0.2, 0) is 5.75 Å². The molecule has 0 aliphatic heterocycles. The number of aromatic nitrogens is 3. The summed E-state index contributed by atoms with van der Waals surface area (Å²) in [5, 5.41) is 1.81. The normalized spacial score (nSPS) is 11.2. The Labute approximate surface area is 193 Å². The van der Waals surface area contributed by atoms with Crippen molar-refractivity contribution in [2.24, 2.45) is 0 Å². The number of hydrogen-bond donors (Lipinski definition) is 0. The van der Waals surface area contributed by atoms with Gasteiger partial charge >= 0.3 is 0 Å². The second-order valence-electron chi connectivity index (χ2n) is 7.21. The molecule has 0 fully saturated rings. The van der Waals surface area contributed by atoms with Crippen LogP contribution in [0.1, 0.15) is 11.5 Å². The molecule has 0 radical (unpaired) electrons. The minimum Gasteiger partial charge on any atom is -0.441 e. The second kappa shape index (κ2) is 8.65. The maximum atomic E-state index is 13.3. The van der Waals surface area contributed by atoms with Crippen LogP contribution in [0.2, 0.25) is 5.02 Å². The number of halogens is 1. The average molecular weight is 460 g/mol. The summed E-state index contributed by atoms with van der Waals surface area (Å²) >= 11 is 7.56. The summed E-state index contributed by atoms with van der Waals surface area (Å²) in [4.78, 5) is 22.8. The lowest BCUT2D eigenvalue weighted by atomic mass is 10.2. The Kier molecular flexibility index (Phi) is 5.55. The first kappa shape index (κ1) is 20.5. The Balaban J connectivity index is 1.53. The molecule has 2 heterocycles. The number of para-hydroxylation sites is 2. The molecule has 0 aliphatic rings. The molecule has 0 saturated heterocycles. The molecule has 5 aromatic rings. The van der Waals surface area contributed by atoms with Crippen LogP contribution in [0, 0.1) is 6.92 Å². The van der Waals surface area contributed by atoms with Crippen molar-refractivity contribution in [1.82, 2.24) is 14.5 Å². The molecule has 0 saturated carbocycles. The maximum Gasteiger partial charge on any atom is 0.266 e. The van der Waals surface area contributed by atoms with E-state index in [4.69, 9.17) is 21.0 Å². The summed E-state index contributed by atoms with van der Waals surface area (Å²) in [5.41, 5.74) is 2.97. The molecule has 0 bridgehead atoms. The summed E-state index contributed by atoms with van der Waals surface area (Å²) in [6.07, 6.45) is 0. The first-order valence-electron chi connectivity index (χ1n) is 10.0. The highest BCUT2D eigenvalue weighted by Gasteiger charge is 2.16. The molecular weight excluding hydrogens is 442 g/mol. The topological polar surface area (TPSA) is 60.9 Å². The zero-order valence-electron chi connectivity index (χ0n) is 17.2. The highest BCUT2D eigenvalue weighted by atomic mass is 35.5. The molecule has 0 atom stereocenters. The molecule has 0 unspecified atom stereocenters. The maximum absolute atomic E-state index is 13.3. The second-order valence-corrected chi connectivity index (χ2v) is 8.59. The summed E-state index contributed by atoms with van der Waals surface area (Å²) < 4.78 is 7.53. The average Bonchev–Trinajstić information content (AvgIpc) is 3.19. The highest BCUT2D eigenvalue weighted by Crippen LogP contribution is 2.29. The van der Waals surface area contributed by atoms with E-state index in [0.29, 0.717) is 32.7 Å². The van der Waals surface area contributed by atoms with E-state index in [-0.39, 0.29) is 5.56 Å². The van der Waals surface area contributed by atoms with Gasteiger partial charge < -0.3 is 4.42 Å². The molecule has 0 spiro atoms. The zero-order chi connectivity index (χ0) is 22.1. The Morgan fingerprint density at radius 1 is 0.969 bits per heavy atom. The van der Waals surface area contributed by atoms with E-state index >= 15 is 0 Å². The van der Waals surface area contributed by atoms with Crippen molar-refractivity contribution >= 4 is 34.3 Å². The first-order valence-corrected chi connectivity index (χ1v) is 11.4. The third kappa shape index (κ3) is 3.95. The largest absolute Gasteiger partial charge is 0.441 e. The summed E-state index contributed by atoms with van der Waals surface area (Å²) in [6, 6.07) is 24.3. The highest BCUT2D eigenvalue weighted by molar-refractivity contribution is 7.98. The zero-order valence-corrected chi connectivity index (χ0v) is 18.7. The van der Waals surface area contributed by atoms with E-state index < -0.39 is 0 Å². The van der Waals surface area contributed by atoms with Gasteiger partial charge in [0.25, 0.3) is 5.56 Å². The van der Waals surface area contributed by atoms with Gasteiger partial charge in [0.05, 0.1) is 22.3 Å². The third-order valence-corrected chi connectivity index (χ3v) is 6.25. The van der Waals surface area contributed by atoms with Gasteiger partial charge in [-0.1, -0.05) is 59.8 Å². The standard InChI is InChI=1S/C25H18ClN3O2S/c1-16-22(27-23(31-16)17-8-7-9-18(26)14-17)15-32-25-28-21-13-6-5-12-20(21)24(30)29(25)19-10-3-2-4-11-19/h2-14H,15H2,1H3. The van der Waals surface area contributed by atoms with Gasteiger partial charge in [-0.25, -0.2) is 9.97 Å². The van der Waals surface area contributed by atoms with Crippen molar-refractivity contribution in [1.29, 1.82) is 0 Å². The fraction of sp³-hybridized carbons (Fsp3) is 0.0800. The predicted molar refractivity (Wildman–Crippen MR) is 129 cm³/mol. The van der Waals surface area contributed by atoms with Gasteiger partial charge in [0.1, 0.15) is 5.76 Å². The Morgan fingerprint density at radius 2 is 1.75 bits per heavy atom. The number of fused-ring (bicyclic) bond motifs is 1. The van der Waals surface area contributed by atoms with Crippen LogP contribution >= 0.6 is 23.4 Å². The number of hydrogen-bond acceptors (Lipinski definition) is 5.